The first-order chi connectivity index (χ1) is 13.7. The van der Waals surface area contributed by atoms with Crippen molar-refractivity contribution in [3.05, 3.63) is 48.4 Å². The molecule has 0 fully saturated rings. The Labute approximate surface area is 171 Å². The normalized spacial score (nSPS) is 13.0. The Kier molecular flexibility index (Phi) is 7.99. The van der Waals surface area contributed by atoms with Crippen molar-refractivity contribution in [2.75, 3.05) is 19.8 Å². The van der Waals surface area contributed by atoms with Gasteiger partial charge in [0.15, 0.2) is 11.1 Å². The zero-order valence-electron chi connectivity index (χ0n) is 15.7. The summed E-state index contributed by atoms with van der Waals surface area (Å²) in [6, 6.07) is 6.96. The van der Waals surface area contributed by atoms with Gasteiger partial charge in [-0.2, -0.15) is 13.5 Å². The second-order valence-electron chi connectivity index (χ2n) is 5.80. The molecule has 0 bridgehead atoms. The molecule has 0 saturated carbocycles. The van der Waals surface area contributed by atoms with Crippen LogP contribution in [0.5, 0.6) is 5.75 Å². The lowest BCUT2D eigenvalue weighted by Gasteiger charge is -2.10. The molecule has 1 unspecified atom stereocenters. The van der Waals surface area contributed by atoms with E-state index in [1.165, 1.54) is 12.1 Å². The Morgan fingerprint density at radius 3 is 2.41 bits per heavy atom. The molecule has 0 aliphatic heterocycles. The zero-order chi connectivity index (χ0) is 21.6. The lowest BCUT2D eigenvalue weighted by atomic mass is 10.1. The quantitative estimate of drug-likeness (QED) is 0.452. The zero-order valence-corrected chi connectivity index (χ0v) is 17.4. The molecule has 0 aliphatic carbocycles. The molecular formula is C18H20N2O7S2. The lowest BCUT2D eigenvalue weighted by molar-refractivity contribution is 0.200. The third kappa shape index (κ3) is 6.15. The van der Waals surface area contributed by atoms with Crippen molar-refractivity contribution in [1.82, 2.24) is 0 Å². The maximum absolute atomic E-state index is 11.9. The Balaban J connectivity index is 2.45. The van der Waals surface area contributed by atoms with E-state index in [0.29, 0.717) is 11.4 Å². The third-order valence-electron chi connectivity index (χ3n) is 3.68. The maximum atomic E-state index is 11.9. The van der Waals surface area contributed by atoms with E-state index in [9.17, 15) is 17.2 Å². The highest BCUT2D eigenvalue weighted by Crippen LogP contribution is 2.32. The van der Waals surface area contributed by atoms with E-state index in [1.807, 2.05) is 6.92 Å². The molecule has 0 heterocycles. The fourth-order valence-electron chi connectivity index (χ4n) is 2.37. The van der Waals surface area contributed by atoms with Gasteiger partial charge >= 0.3 is 0 Å². The summed E-state index contributed by atoms with van der Waals surface area (Å²) in [5.74, 6) is 0.498. The monoisotopic (exact) mass is 440 g/mol. The average molecular weight is 440 g/mol. The first-order valence-corrected chi connectivity index (χ1v) is 10.8. The highest BCUT2D eigenvalue weighted by Gasteiger charge is 2.19. The number of benzene rings is 2. The minimum Gasteiger partial charge on any atom is -0.491 e. The highest BCUT2D eigenvalue weighted by molar-refractivity contribution is 7.86. The van der Waals surface area contributed by atoms with Gasteiger partial charge in [-0.25, -0.2) is 4.21 Å². The molecule has 0 amide bonds. The van der Waals surface area contributed by atoms with Gasteiger partial charge in [0.25, 0.3) is 10.1 Å². The van der Waals surface area contributed by atoms with Crippen LogP contribution in [0.4, 0.5) is 11.4 Å². The number of aliphatic hydroxyl groups excluding tert-OH is 1. The van der Waals surface area contributed by atoms with Gasteiger partial charge in [-0.15, -0.1) is 5.11 Å². The fraction of sp³-hybridized carbons (Fsp3) is 0.278. The van der Waals surface area contributed by atoms with Crippen LogP contribution in [0, 0.1) is 20.8 Å². The molecule has 29 heavy (non-hydrogen) atoms. The second-order valence-corrected chi connectivity index (χ2v) is 8.37. The summed E-state index contributed by atoms with van der Waals surface area (Å²) >= 11 is -2.00. The molecule has 11 heteroatoms. The predicted octanol–water partition coefficient (Wildman–Crippen LogP) is 3.09. The van der Waals surface area contributed by atoms with Gasteiger partial charge in [-0.05, 0) is 50.1 Å². The first-order valence-electron chi connectivity index (χ1n) is 8.30. The summed E-state index contributed by atoms with van der Waals surface area (Å²) in [7, 11) is -4.67. The minimum atomic E-state index is -4.67. The SMILES string of the molecule is [CH]COS(=O)c1ccc(N=Nc2cc(OCCO)c(C)cc2C)c(S(=O)(=O)O)c1. The van der Waals surface area contributed by atoms with E-state index in [4.69, 9.17) is 21.0 Å². The van der Waals surface area contributed by atoms with Crippen LogP contribution in [0.15, 0.2) is 50.4 Å². The van der Waals surface area contributed by atoms with Crippen LogP contribution < -0.4 is 4.74 Å². The van der Waals surface area contributed by atoms with Crippen molar-refractivity contribution in [2.24, 2.45) is 10.2 Å². The molecule has 2 N–H and O–H groups in total. The predicted molar refractivity (Wildman–Crippen MR) is 106 cm³/mol. The molecule has 2 radical (unpaired) electrons. The summed E-state index contributed by atoms with van der Waals surface area (Å²) < 4.78 is 55.0. The molecule has 2 rings (SSSR count). The van der Waals surface area contributed by atoms with Crippen LogP contribution in [0.25, 0.3) is 0 Å². The Bertz CT molecular complexity index is 1040. The van der Waals surface area contributed by atoms with E-state index in [1.54, 1.807) is 19.1 Å². The lowest BCUT2D eigenvalue weighted by Crippen LogP contribution is -2.03. The van der Waals surface area contributed by atoms with Gasteiger partial charge in [-0.1, -0.05) is 6.07 Å². The topological polar surface area (TPSA) is 135 Å². The molecular weight excluding hydrogens is 420 g/mol. The summed E-state index contributed by atoms with van der Waals surface area (Å²) in [5, 5.41) is 16.9. The average Bonchev–Trinajstić information content (AvgIpc) is 2.66. The number of rotatable bonds is 9. The largest absolute Gasteiger partial charge is 0.491 e. The molecule has 0 spiro atoms. The van der Waals surface area contributed by atoms with Gasteiger partial charge in [0.2, 0.25) is 0 Å². The molecule has 2 aromatic rings. The summed E-state index contributed by atoms with van der Waals surface area (Å²) in [4.78, 5) is -0.581. The van der Waals surface area contributed by atoms with Gasteiger partial charge in [-0.3, -0.25) is 8.74 Å². The first kappa shape index (κ1) is 23.1. The van der Waals surface area contributed by atoms with Crippen molar-refractivity contribution in [3.63, 3.8) is 0 Å². The molecule has 0 saturated heterocycles. The van der Waals surface area contributed by atoms with Crippen molar-refractivity contribution in [1.29, 1.82) is 0 Å². The van der Waals surface area contributed by atoms with Crippen LogP contribution in [0.3, 0.4) is 0 Å². The third-order valence-corrected chi connectivity index (χ3v) is 5.56. The van der Waals surface area contributed by atoms with Gasteiger partial charge in [0.05, 0.1) is 23.8 Å². The van der Waals surface area contributed by atoms with Gasteiger partial charge in [0, 0.05) is 6.07 Å². The molecule has 9 nitrogen and oxygen atoms in total. The summed E-state index contributed by atoms with van der Waals surface area (Å²) in [5.41, 5.74) is 1.84. The van der Waals surface area contributed by atoms with E-state index in [-0.39, 0.29) is 30.4 Å². The second kappa shape index (κ2) is 10.0. The van der Waals surface area contributed by atoms with Crippen LogP contribution in [0.2, 0.25) is 0 Å². The molecule has 0 aliphatic rings. The van der Waals surface area contributed by atoms with E-state index in [0.717, 1.165) is 17.2 Å². The van der Waals surface area contributed by atoms with Crippen LogP contribution >= 0.6 is 0 Å². The molecule has 0 aromatic heterocycles. The number of aryl methyl sites for hydroxylation is 2. The van der Waals surface area contributed by atoms with Gasteiger partial charge in [0.1, 0.15) is 22.9 Å². The number of nitrogens with zero attached hydrogens (tertiary/aromatic N) is 2. The van der Waals surface area contributed by atoms with Crippen molar-refractivity contribution in [2.45, 2.75) is 23.6 Å². The van der Waals surface area contributed by atoms with Crippen molar-refractivity contribution in [3.8, 4) is 5.75 Å². The Hall–Kier alpha value is -2.18. The highest BCUT2D eigenvalue weighted by atomic mass is 32.2. The molecule has 2 aromatic carbocycles. The number of ether oxygens (including phenoxy) is 1. The Morgan fingerprint density at radius 1 is 1.10 bits per heavy atom. The molecule has 1 atom stereocenters. The number of azo groups is 1. The van der Waals surface area contributed by atoms with Gasteiger partial charge < -0.3 is 9.84 Å². The number of aliphatic hydroxyl groups is 1. The maximum Gasteiger partial charge on any atom is 0.296 e. The summed E-state index contributed by atoms with van der Waals surface area (Å²) in [6.07, 6.45) is 0. The minimum absolute atomic E-state index is 0.00627. The van der Waals surface area contributed by atoms with Crippen molar-refractivity contribution >= 4 is 32.6 Å². The summed E-state index contributed by atoms with van der Waals surface area (Å²) in [6.45, 7) is 8.41. The standard InChI is InChI=1S/C18H20N2O7S2/c1-4-27-28(22)14-5-6-15(18(10-14)29(23,24)25)19-20-16-11-17(26-8-7-21)13(3)9-12(16)2/h1,5-6,9-11,21H,4,7-8H2,2-3H3,(H,23,24,25). The Morgan fingerprint density at radius 2 is 1.79 bits per heavy atom. The van der Waals surface area contributed by atoms with Crippen molar-refractivity contribution < 1.29 is 31.2 Å². The van der Waals surface area contributed by atoms with Crippen LogP contribution in [-0.4, -0.2) is 42.1 Å². The van der Waals surface area contributed by atoms with E-state index < -0.39 is 26.1 Å². The van der Waals surface area contributed by atoms with Crippen LogP contribution in [0.1, 0.15) is 11.1 Å². The van der Waals surface area contributed by atoms with E-state index >= 15 is 0 Å². The number of hydrogen-bond acceptors (Lipinski definition) is 8. The number of hydrogen-bond donors (Lipinski definition) is 2. The van der Waals surface area contributed by atoms with Crippen LogP contribution in [-0.2, 0) is 25.4 Å². The van der Waals surface area contributed by atoms with E-state index in [2.05, 4.69) is 10.2 Å². The smallest absolute Gasteiger partial charge is 0.296 e. The molecule has 156 valence electrons. The fourth-order valence-corrected chi connectivity index (χ4v) is 3.74.